The normalized spacial score (nSPS) is 21.9. The Bertz CT molecular complexity index is 679. The van der Waals surface area contributed by atoms with Gasteiger partial charge in [-0.1, -0.05) is 6.42 Å². The van der Waals surface area contributed by atoms with Gasteiger partial charge in [0.05, 0.1) is 0 Å². The summed E-state index contributed by atoms with van der Waals surface area (Å²) in [6.07, 6.45) is 2.79. The summed E-state index contributed by atoms with van der Waals surface area (Å²) in [6, 6.07) is 4.19. The van der Waals surface area contributed by atoms with Crippen molar-refractivity contribution in [2.45, 2.75) is 32.2 Å². The first-order valence-corrected chi connectivity index (χ1v) is 7.20. The molecular weight excluding hydrogens is 273 g/mol. The lowest BCUT2D eigenvalue weighted by Crippen LogP contribution is -2.38. The van der Waals surface area contributed by atoms with Crippen LogP contribution in [0, 0.1) is 18.7 Å². The minimum Gasteiger partial charge on any atom is -0.451 e. The molecule has 1 aromatic heterocycles. The monoisotopic (exact) mass is 291 g/mol. The fourth-order valence-electron chi connectivity index (χ4n) is 3.09. The Labute approximate surface area is 121 Å². The number of carbonyl (C=O) groups is 1. The maximum atomic E-state index is 13.3. The number of carbonyl (C=O) groups excluding carboxylic acids is 1. The zero-order chi connectivity index (χ0) is 15.0. The number of benzene rings is 1. The number of fused-ring (bicyclic) bond motifs is 1. The molecule has 1 saturated carbocycles. The molecule has 2 atom stereocenters. The predicted octanol–water partition coefficient (Wildman–Crippen LogP) is 2.77. The smallest absolute Gasteiger partial charge is 0.287 e. The second-order valence-corrected chi connectivity index (χ2v) is 5.65. The van der Waals surface area contributed by atoms with Crippen LogP contribution in [-0.4, -0.2) is 23.7 Å². The van der Waals surface area contributed by atoms with E-state index in [1.54, 1.807) is 6.92 Å². The fourth-order valence-corrected chi connectivity index (χ4v) is 3.09. The molecule has 1 aliphatic rings. The Kier molecular flexibility index (Phi) is 3.68. The van der Waals surface area contributed by atoms with Gasteiger partial charge >= 0.3 is 0 Å². The van der Waals surface area contributed by atoms with Crippen LogP contribution in [0.15, 0.2) is 22.6 Å². The van der Waals surface area contributed by atoms with Crippen molar-refractivity contribution in [2.75, 3.05) is 6.61 Å². The van der Waals surface area contributed by atoms with E-state index in [9.17, 15) is 14.3 Å². The number of amides is 1. The minimum atomic E-state index is -0.352. The molecule has 5 heteroatoms. The Morgan fingerprint density at radius 3 is 3.05 bits per heavy atom. The van der Waals surface area contributed by atoms with Crippen molar-refractivity contribution in [3.8, 4) is 0 Å². The van der Waals surface area contributed by atoms with E-state index in [1.165, 1.54) is 18.2 Å². The van der Waals surface area contributed by atoms with Gasteiger partial charge in [0, 0.05) is 29.5 Å². The molecule has 1 heterocycles. The molecule has 1 amide bonds. The lowest BCUT2D eigenvalue weighted by molar-refractivity contribution is 0.0889. The van der Waals surface area contributed by atoms with Gasteiger partial charge in [0.1, 0.15) is 11.4 Å². The molecule has 2 aromatic rings. The van der Waals surface area contributed by atoms with Crippen LogP contribution in [0.5, 0.6) is 0 Å². The number of nitrogens with one attached hydrogen (secondary N) is 1. The van der Waals surface area contributed by atoms with Gasteiger partial charge in [0.15, 0.2) is 5.76 Å². The van der Waals surface area contributed by atoms with Crippen molar-refractivity contribution in [3.63, 3.8) is 0 Å². The van der Waals surface area contributed by atoms with Crippen LogP contribution < -0.4 is 5.32 Å². The molecule has 112 valence electrons. The largest absolute Gasteiger partial charge is 0.451 e. The molecule has 21 heavy (non-hydrogen) atoms. The van der Waals surface area contributed by atoms with Crippen LogP contribution in [-0.2, 0) is 0 Å². The maximum absolute atomic E-state index is 13.3. The summed E-state index contributed by atoms with van der Waals surface area (Å²) < 4.78 is 18.8. The van der Waals surface area contributed by atoms with E-state index in [0.29, 0.717) is 16.5 Å². The summed E-state index contributed by atoms with van der Waals surface area (Å²) >= 11 is 0. The number of hydrogen-bond donors (Lipinski definition) is 2. The van der Waals surface area contributed by atoms with E-state index in [0.717, 1.165) is 19.3 Å². The van der Waals surface area contributed by atoms with Crippen LogP contribution in [0.3, 0.4) is 0 Å². The van der Waals surface area contributed by atoms with Gasteiger partial charge in [0.2, 0.25) is 0 Å². The number of aliphatic hydroxyl groups excluding tert-OH is 1. The van der Waals surface area contributed by atoms with Gasteiger partial charge in [-0.2, -0.15) is 0 Å². The van der Waals surface area contributed by atoms with Crippen molar-refractivity contribution in [1.29, 1.82) is 0 Å². The minimum absolute atomic E-state index is 0.0214. The zero-order valence-corrected chi connectivity index (χ0v) is 11.9. The lowest BCUT2D eigenvalue weighted by atomic mass is 10.0. The quantitative estimate of drug-likeness (QED) is 0.914. The molecule has 4 nitrogen and oxygen atoms in total. The van der Waals surface area contributed by atoms with Gasteiger partial charge in [-0.3, -0.25) is 4.79 Å². The predicted molar refractivity (Wildman–Crippen MR) is 76.6 cm³/mol. The van der Waals surface area contributed by atoms with Crippen molar-refractivity contribution in [3.05, 3.63) is 35.3 Å². The summed E-state index contributed by atoms with van der Waals surface area (Å²) in [6.45, 7) is 1.83. The molecular formula is C16H18FNO3. The molecule has 1 aromatic carbocycles. The van der Waals surface area contributed by atoms with E-state index in [-0.39, 0.29) is 36.1 Å². The number of furan rings is 1. The Morgan fingerprint density at radius 1 is 1.48 bits per heavy atom. The first kappa shape index (κ1) is 14.1. The summed E-state index contributed by atoms with van der Waals surface area (Å²) in [7, 11) is 0. The van der Waals surface area contributed by atoms with Crippen LogP contribution in [0.1, 0.15) is 35.4 Å². The third-order valence-corrected chi connectivity index (χ3v) is 4.31. The second-order valence-electron chi connectivity index (χ2n) is 5.65. The third-order valence-electron chi connectivity index (χ3n) is 4.31. The number of hydrogen-bond acceptors (Lipinski definition) is 3. The average molecular weight is 291 g/mol. The van der Waals surface area contributed by atoms with E-state index < -0.39 is 0 Å². The molecule has 0 spiro atoms. The van der Waals surface area contributed by atoms with Crippen LogP contribution >= 0.6 is 0 Å². The van der Waals surface area contributed by atoms with Gasteiger partial charge in [-0.15, -0.1) is 0 Å². The number of aryl methyl sites for hydroxylation is 1. The molecule has 0 radical (unpaired) electrons. The molecule has 2 unspecified atom stereocenters. The van der Waals surface area contributed by atoms with Crippen molar-refractivity contribution < 1.29 is 18.7 Å². The van der Waals surface area contributed by atoms with E-state index in [4.69, 9.17) is 4.42 Å². The lowest BCUT2D eigenvalue weighted by Gasteiger charge is -2.18. The summed E-state index contributed by atoms with van der Waals surface area (Å²) in [5.41, 5.74) is 1.14. The molecule has 0 bridgehead atoms. The summed E-state index contributed by atoms with van der Waals surface area (Å²) in [5.74, 6) is -0.320. The highest BCUT2D eigenvalue weighted by Crippen LogP contribution is 2.28. The third kappa shape index (κ3) is 2.53. The van der Waals surface area contributed by atoms with Crippen LogP contribution in [0.4, 0.5) is 4.39 Å². The number of halogens is 1. The Morgan fingerprint density at radius 2 is 2.29 bits per heavy atom. The highest BCUT2D eigenvalue weighted by Gasteiger charge is 2.29. The highest BCUT2D eigenvalue weighted by molar-refractivity contribution is 5.99. The number of aliphatic hydroxyl groups is 1. The van der Waals surface area contributed by atoms with E-state index in [1.807, 2.05) is 0 Å². The Balaban J connectivity index is 1.86. The van der Waals surface area contributed by atoms with Gasteiger partial charge in [-0.05, 0) is 38.0 Å². The van der Waals surface area contributed by atoms with Gasteiger partial charge in [-0.25, -0.2) is 4.39 Å². The van der Waals surface area contributed by atoms with E-state index in [2.05, 4.69) is 5.32 Å². The standard InChI is InChI=1S/C16H18FNO3/c1-9-12-7-11(17)5-6-14(12)21-15(9)16(20)18-13-4-2-3-10(13)8-19/h5-7,10,13,19H,2-4,8H2,1H3,(H,18,20). The zero-order valence-electron chi connectivity index (χ0n) is 11.9. The first-order valence-electron chi connectivity index (χ1n) is 7.20. The molecule has 2 N–H and O–H groups in total. The summed E-state index contributed by atoms with van der Waals surface area (Å²) in [5, 5.41) is 12.8. The topological polar surface area (TPSA) is 62.5 Å². The van der Waals surface area contributed by atoms with Crippen molar-refractivity contribution in [2.24, 2.45) is 5.92 Å². The highest BCUT2D eigenvalue weighted by atomic mass is 19.1. The van der Waals surface area contributed by atoms with Gasteiger partial charge < -0.3 is 14.8 Å². The molecule has 0 saturated heterocycles. The van der Waals surface area contributed by atoms with Gasteiger partial charge in [0.25, 0.3) is 5.91 Å². The molecule has 1 aliphatic carbocycles. The van der Waals surface area contributed by atoms with Crippen molar-refractivity contribution in [1.82, 2.24) is 5.32 Å². The van der Waals surface area contributed by atoms with Crippen molar-refractivity contribution >= 4 is 16.9 Å². The summed E-state index contributed by atoms with van der Waals surface area (Å²) in [4.78, 5) is 12.4. The molecule has 0 aliphatic heterocycles. The molecule has 1 fully saturated rings. The average Bonchev–Trinajstić information content (AvgIpc) is 3.04. The SMILES string of the molecule is Cc1c(C(=O)NC2CCCC2CO)oc2ccc(F)cc12. The second kappa shape index (κ2) is 5.48. The fraction of sp³-hybridized carbons (Fsp3) is 0.438. The van der Waals surface area contributed by atoms with Crippen LogP contribution in [0.25, 0.3) is 11.0 Å². The van der Waals surface area contributed by atoms with E-state index >= 15 is 0 Å². The number of rotatable bonds is 3. The van der Waals surface area contributed by atoms with Crippen LogP contribution in [0.2, 0.25) is 0 Å². The Hall–Kier alpha value is -1.88. The first-order chi connectivity index (χ1) is 10.1. The maximum Gasteiger partial charge on any atom is 0.287 e. The molecule has 3 rings (SSSR count).